The topological polar surface area (TPSA) is 71.4 Å². The number of nitrogens with one attached hydrogen (secondary N) is 1. The number of aromatic nitrogens is 1. The van der Waals surface area contributed by atoms with Crippen LogP contribution in [-0.4, -0.2) is 37.3 Å². The van der Waals surface area contributed by atoms with Crippen molar-refractivity contribution in [2.24, 2.45) is 5.92 Å². The van der Waals surface area contributed by atoms with Crippen LogP contribution < -0.4 is 4.72 Å². The first-order chi connectivity index (χ1) is 14.8. The number of alkyl halides is 3. The molecule has 0 saturated carbocycles. The van der Waals surface area contributed by atoms with Crippen LogP contribution in [-0.2, 0) is 22.9 Å². The van der Waals surface area contributed by atoms with E-state index in [0.29, 0.717) is 22.0 Å². The zero-order valence-corrected chi connectivity index (χ0v) is 18.9. The molecule has 0 saturated heterocycles. The van der Waals surface area contributed by atoms with Gasteiger partial charge in [-0.25, -0.2) is 0 Å². The zero-order chi connectivity index (χ0) is 23.8. The van der Waals surface area contributed by atoms with Crippen molar-refractivity contribution in [3.8, 4) is 11.1 Å². The quantitative estimate of drug-likeness (QED) is 0.580. The molecule has 1 aromatic heterocycles. The molecule has 1 heterocycles. The van der Waals surface area contributed by atoms with Crippen LogP contribution in [0.4, 0.5) is 13.2 Å². The predicted molar refractivity (Wildman–Crippen MR) is 117 cm³/mol. The standard InChI is InChI=1S/C22H24F3N3O3S/c1-14(2)21(29)28-13-16(12-26-32(30,31)27(3)4)18-10-9-15(11-20(18)28)17-7-5-6-8-19(17)22(23,24)25/h5-11,13-14,26H,12H2,1-4H3. The molecule has 0 aliphatic rings. The van der Waals surface area contributed by atoms with Crippen LogP contribution in [0.25, 0.3) is 22.0 Å². The van der Waals surface area contributed by atoms with Crippen molar-refractivity contribution in [1.29, 1.82) is 0 Å². The third-order valence-electron chi connectivity index (χ3n) is 5.09. The van der Waals surface area contributed by atoms with E-state index in [9.17, 15) is 26.4 Å². The molecule has 0 aliphatic carbocycles. The highest BCUT2D eigenvalue weighted by molar-refractivity contribution is 7.87. The summed E-state index contributed by atoms with van der Waals surface area (Å²) in [6.07, 6.45) is -3.00. The van der Waals surface area contributed by atoms with Crippen molar-refractivity contribution in [1.82, 2.24) is 13.6 Å². The third-order valence-corrected chi connectivity index (χ3v) is 6.56. The summed E-state index contributed by atoms with van der Waals surface area (Å²) in [5.74, 6) is -0.624. The van der Waals surface area contributed by atoms with Gasteiger partial charge in [-0.05, 0) is 28.8 Å². The molecule has 0 atom stereocenters. The number of hydrogen-bond donors (Lipinski definition) is 1. The number of hydrogen-bond acceptors (Lipinski definition) is 3. The van der Waals surface area contributed by atoms with Crippen molar-refractivity contribution in [2.45, 2.75) is 26.6 Å². The van der Waals surface area contributed by atoms with Crippen LogP contribution in [0.1, 0.15) is 29.8 Å². The minimum Gasteiger partial charge on any atom is -0.287 e. The van der Waals surface area contributed by atoms with E-state index in [-0.39, 0.29) is 23.9 Å². The zero-order valence-electron chi connectivity index (χ0n) is 18.1. The third kappa shape index (κ3) is 4.72. The smallest absolute Gasteiger partial charge is 0.287 e. The summed E-state index contributed by atoms with van der Waals surface area (Å²) in [5, 5.41) is 0.577. The van der Waals surface area contributed by atoms with Crippen molar-refractivity contribution in [2.75, 3.05) is 14.1 Å². The van der Waals surface area contributed by atoms with Gasteiger partial charge in [0.2, 0.25) is 5.91 Å². The Kier molecular flexibility index (Phi) is 6.50. The fourth-order valence-corrected chi connectivity index (χ4v) is 3.94. The minimum atomic E-state index is -4.53. The number of carbonyl (C=O) groups excluding carboxylic acids is 1. The summed E-state index contributed by atoms with van der Waals surface area (Å²) in [6, 6.07) is 9.93. The van der Waals surface area contributed by atoms with Gasteiger partial charge in [-0.15, -0.1) is 0 Å². The predicted octanol–water partition coefficient (Wildman–Crippen LogP) is 4.52. The summed E-state index contributed by atoms with van der Waals surface area (Å²) in [6.45, 7) is 3.35. The molecule has 1 N–H and O–H groups in total. The SMILES string of the molecule is CC(C)C(=O)n1cc(CNS(=O)(=O)N(C)C)c2ccc(-c3ccccc3C(F)(F)F)cc21. The van der Waals surface area contributed by atoms with Crippen LogP contribution in [0.15, 0.2) is 48.7 Å². The van der Waals surface area contributed by atoms with E-state index in [1.165, 1.54) is 49.1 Å². The van der Waals surface area contributed by atoms with E-state index in [1.54, 1.807) is 26.0 Å². The number of nitrogens with zero attached hydrogens (tertiary/aromatic N) is 2. The average Bonchev–Trinajstić information content (AvgIpc) is 3.08. The maximum Gasteiger partial charge on any atom is 0.417 e. The van der Waals surface area contributed by atoms with Crippen molar-refractivity contribution >= 4 is 27.0 Å². The molecule has 0 aliphatic heterocycles. The fraction of sp³-hybridized carbons (Fsp3) is 0.318. The van der Waals surface area contributed by atoms with E-state index in [4.69, 9.17) is 0 Å². The maximum atomic E-state index is 13.5. The van der Waals surface area contributed by atoms with Gasteiger partial charge in [-0.2, -0.15) is 30.6 Å². The Labute approximate surface area is 184 Å². The molecule has 10 heteroatoms. The first-order valence-electron chi connectivity index (χ1n) is 9.85. The molecule has 0 amide bonds. The highest BCUT2D eigenvalue weighted by atomic mass is 32.2. The number of halogens is 3. The summed E-state index contributed by atoms with van der Waals surface area (Å²) in [5.41, 5.74) is 0.488. The van der Waals surface area contributed by atoms with Crippen LogP contribution in [0.3, 0.4) is 0 Å². The molecule has 2 aromatic carbocycles. The Hall–Kier alpha value is -2.69. The van der Waals surface area contributed by atoms with E-state index in [2.05, 4.69) is 4.72 Å². The number of fused-ring (bicyclic) bond motifs is 1. The summed E-state index contributed by atoms with van der Waals surface area (Å²) < 4.78 is 69.6. The monoisotopic (exact) mass is 467 g/mol. The molecular weight excluding hydrogens is 443 g/mol. The molecule has 0 radical (unpaired) electrons. The van der Waals surface area contributed by atoms with E-state index in [1.807, 2.05) is 0 Å². The lowest BCUT2D eigenvalue weighted by atomic mass is 9.98. The average molecular weight is 468 g/mol. The van der Waals surface area contributed by atoms with Gasteiger partial charge < -0.3 is 0 Å². The number of benzene rings is 2. The first kappa shape index (κ1) is 24.0. The fourth-order valence-electron chi connectivity index (χ4n) is 3.35. The maximum absolute atomic E-state index is 13.5. The summed E-state index contributed by atoms with van der Waals surface area (Å²) in [4.78, 5) is 12.8. The molecule has 0 spiro atoms. The van der Waals surface area contributed by atoms with Gasteiger partial charge in [0, 0.05) is 38.1 Å². The van der Waals surface area contributed by atoms with Gasteiger partial charge in [0.15, 0.2) is 0 Å². The summed E-state index contributed by atoms with van der Waals surface area (Å²) >= 11 is 0. The lowest BCUT2D eigenvalue weighted by Gasteiger charge is -2.14. The van der Waals surface area contributed by atoms with E-state index in [0.717, 1.165) is 10.4 Å². The van der Waals surface area contributed by atoms with Crippen LogP contribution in [0.2, 0.25) is 0 Å². The van der Waals surface area contributed by atoms with Crippen LogP contribution in [0, 0.1) is 5.92 Å². The van der Waals surface area contributed by atoms with Crippen LogP contribution in [0.5, 0.6) is 0 Å². The second kappa shape index (κ2) is 8.68. The Morgan fingerprint density at radius 1 is 1.12 bits per heavy atom. The molecule has 3 rings (SSSR count). The molecule has 3 aromatic rings. The molecule has 0 unspecified atom stereocenters. The lowest BCUT2D eigenvalue weighted by molar-refractivity contribution is -0.137. The van der Waals surface area contributed by atoms with Crippen LogP contribution >= 0.6 is 0 Å². The van der Waals surface area contributed by atoms with Crippen molar-refractivity contribution < 1.29 is 26.4 Å². The van der Waals surface area contributed by atoms with E-state index >= 15 is 0 Å². The largest absolute Gasteiger partial charge is 0.417 e. The lowest BCUT2D eigenvalue weighted by Crippen LogP contribution is -2.35. The normalized spacial score (nSPS) is 12.8. The van der Waals surface area contributed by atoms with Gasteiger partial charge in [0.05, 0.1) is 11.1 Å². The number of rotatable bonds is 6. The van der Waals surface area contributed by atoms with Gasteiger partial charge in [0.1, 0.15) is 0 Å². The van der Waals surface area contributed by atoms with Crippen molar-refractivity contribution in [3.05, 3.63) is 59.8 Å². The Morgan fingerprint density at radius 2 is 1.78 bits per heavy atom. The van der Waals surface area contributed by atoms with E-state index < -0.39 is 21.9 Å². The molecule has 6 nitrogen and oxygen atoms in total. The first-order valence-corrected chi connectivity index (χ1v) is 11.3. The minimum absolute atomic E-state index is 0.00139. The highest BCUT2D eigenvalue weighted by Crippen LogP contribution is 2.38. The molecule has 0 fully saturated rings. The molecule has 0 bridgehead atoms. The number of carbonyl (C=O) groups is 1. The second-order valence-corrected chi connectivity index (χ2v) is 9.87. The highest BCUT2D eigenvalue weighted by Gasteiger charge is 2.33. The Bertz CT molecular complexity index is 1260. The molecule has 32 heavy (non-hydrogen) atoms. The van der Waals surface area contributed by atoms with Crippen molar-refractivity contribution in [3.63, 3.8) is 0 Å². The van der Waals surface area contributed by atoms with Gasteiger partial charge in [-0.3, -0.25) is 9.36 Å². The summed E-state index contributed by atoms with van der Waals surface area (Å²) in [7, 11) is -0.927. The molecule has 172 valence electrons. The van der Waals surface area contributed by atoms with Gasteiger partial charge in [-0.1, -0.05) is 44.2 Å². The second-order valence-electron chi connectivity index (χ2n) is 7.90. The van der Waals surface area contributed by atoms with Gasteiger partial charge in [0.25, 0.3) is 10.2 Å². The Balaban J connectivity index is 2.17. The van der Waals surface area contributed by atoms with Gasteiger partial charge >= 0.3 is 6.18 Å². The Morgan fingerprint density at radius 3 is 2.38 bits per heavy atom. The molecular formula is C22H24F3N3O3S.